The van der Waals surface area contributed by atoms with E-state index < -0.39 is 0 Å². The molecule has 0 heterocycles. The minimum atomic E-state index is -0.343. The van der Waals surface area contributed by atoms with Gasteiger partial charge in [0.15, 0.2) is 0 Å². The van der Waals surface area contributed by atoms with Crippen LogP contribution in [0.1, 0.15) is 24.8 Å². The summed E-state index contributed by atoms with van der Waals surface area (Å²) in [6.45, 7) is 1.79. The van der Waals surface area contributed by atoms with Crippen LogP contribution in [0.2, 0.25) is 0 Å². The highest BCUT2D eigenvalue weighted by atomic mass is 79.9. The molecule has 0 saturated heterocycles. The van der Waals surface area contributed by atoms with E-state index in [0.717, 1.165) is 6.29 Å². The summed E-state index contributed by atoms with van der Waals surface area (Å²) in [5.41, 5.74) is 0.443. The molecule has 0 N–H and O–H groups in total. The van der Waals surface area contributed by atoms with Crippen LogP contribution in [-0.4, -0.2) is 13.4 Å². The van der Waals surface area contributed by atoms with E-state index in [9.17, 15) is 9.18 Å². The molecule has 0 amide bonds. The van der Waals surface area contributed by atoms with Gasteiger partial charge in [0.2, 0.25) is 0 Å². The fourth-order valence-electron chi connectivity index (χ4n) is 1.48. The van der Waals surface area contributed by atoms with E-state index in [1.165, 1.54) is 13.2 Å². The average Bonchev–Trinajstić information content (AvgIpc) is 2.21. The Morgan fingerprint density at radius 2 is 2.27 bits per heavy atom. The molecular formula is C11H12BrFO2. The molecule has 0 bridgehead atoms. The Bertz CT molecular complexity index is 366. The molecule has 0 aliphatic rings. The summed E-state index contributed by atoms with van der Waals surface area (Å²) in [6, 6.07) is 2.95. The number of aldehydes is 1. The Balaban J connectivity index is 3.23. The lowest BCUT2D eigenvalue weighted by molar-refractivity contribution is -0.108. The average molecular weight is 275 g/mol. The van der Waals surface area contributed by atoms with Gasteiger partial charge < -0.3 is 9.53 Å². The summed E-state index contributed by atoms with van der Waals surface area (Å²) in [7, 11) is 1.48. The van der Waals surface area contributed by atoms with Crippen LogP contribution >= 0.6 is 15.9 Å². The number of carbonyl (C=O) groups excluding carboxylic acids is 1. The van der Waals surface area contributed by atoms with Crippen molar-refractivity contribution in [3.63, 3.8) is 0 Å². The van der Waals surface area contributed by atoms with Gasteiger partial charge in [-0.05, 0) is 34.0 Å². The molecule has 0 saturated carbocycles. The number of halogens is 2. The number of carbonyl (C=O) groups is 1. The first-order valence-corrected chi connectivity index (χ1v) is 5.36. The predicted octanol–water partition coefficient (Wildman–Crippen LogP) is 3.29. The highest BCUT2D eigenvalue weighted by Crippen LogP contribution is 2.36. The maximum absolute atomic E-state index is 13.6. The Hall–Kier alpha value is -0.900. The van der Waals surface area contributed by atoms with E-state index in [4.69, 9.17) is 4.74 Å². The molecule has 2 nitrogen and oxygen atoms in total. The largest absolute Gasteiger partial charge is 0.495 e. The number of rotatable bonds is 4. The molecule has 0 aliphatic heterocycles. The maximum Gasteiger partial charge on any atom is 0.139 e. The first-order valence-electron chi connectivity index (χ1n) is 4.57. The van der Waals surface area contributed by atoms with Gasteiger partial charge in [0.05, 0.1) is 11.6 Å². The van der Waals surface area contributed by atoms with Crippen molar-refractivity contribution < 1.29 is 13.9 Å². The zero-order valence-electron chi connectivity index (χ0n) is 8.59. The standard InChI is InChI=1S/C11H12BrFO2/c1-7(5-6-14)10-9(13)4-3-8(12)11(10)15-2/h3-4,6-7H,5H2,1-2H3. The fourth-order valence-corrected chi connectivity index (χ4v) is 1.99. The molecule has 1 atom stereocenters. The lowest BCUT2D eigenvalue weighted by Crippen LogP contribution is -2.02. The van der Waals surface area contributed by atoms with Crippen molar-refractivity contribution in [3.8, 4) is 5.75 Å². The summed E-state index contributed by atoms with van der Waals surface area (Å²) in [5, 5.41) is 0. The summed E-state index contributed by atoms with van der Waals surface area (Å²) in [4.78, 5) is 10.4. The van der Waals surface area contributed by atoms with Crippen LogP contribution < -0.4 is 4.74 Å². The van der Waals surface area contributed by atoms with E-state index >= 15 is 0 Å². The number of hydrogen-bond donors (Lipinski definition) is 0. The maximum atomic E-state index is 13.6. The van der Waals surface area contributed by atoms with Crippen molar-refractivity contribution >= 4 is 22.2 Å². The first-order chi connectivity index (χ1) is 7.11. The number of hydrogen-bond acceptors (Lipinski definition) is 2. The molecule has 0 radical (unpaired) electrons. The first kappa shape index (κ1) is 12.2. The molecule has 0 fully saturated rings. The van der Waals surface area contributed by atoms with Gasteiger partial charge in [-0.1, -0.05) is 6.92 Å². The van der Waals surface area contributed by atoms with Crippen LogP contribution in [0, 0.1) is 5.82 Å². The highest BCUT2D eigenvalue weighted by Gasteiger charge is 2.18. The second kappa shape index (κ2) is 5.26. The van der Waals surface area contributed by atoms with Crippen LogP contribution in [-0.2, 0) is 4.79 Å². The van der Waals surface area contributed by atoms with Gasteiger partial charge in [0, 0.05) is 12.0 Å². The minimum absolute atomic E-state index is 0.185. The number of methoxy groups -OCH3 is 1. The normalized spacial score (nSPS) is 12.3. The topological polar surface area (TPSA) is 26.3 Å². The molecule has 82 valence electrons. The summed E-state index contributed by atoms with van der Waals surface area (Å²) >= 11 is 3.28. The van der Waals surface area contributed by atoms with Gasteiger partial charge in [-0.2, -0.15) is 0 Å². The third kappa shape index (κ3) is 2.56. The predicted molar refractivity (Wildman–Crippen MR) is 59.7 cm³/mol. The van der Waals surface area contributed by atoms with Gasteiger partial charge in [-0.3, -0.25) is 0 Å². The molecule has 0 aromatic heterocycles. The van der Waals surface area contributed by atoms with Gasteiger partial charge in [-0.15, -0.1) is 0 Å². The van der Waals surface area contributed by atoms with Gasteiger partial charge in [0.25, 0.3) is 0 Å². The molecule has 0 spiro atoms. The second-order valence-corrected chi connectivity index (χ2v) is 4.13. The molecule has 1 rings (SSSR count). The second-order valence-electron chi connectivity index (χ2n) is 3.28. The van der Waals surface area contributed by atoms with Crippen LogP contribution in [0.5, 0.6) is 5.75 Å². The van der Waals surface area contributed by atoms with Crippen LogP contribution in [0.4, 0.5) is 4.39 Å². The zero-order valence-corrected chi connectivity index (χ0v) is 10.2. The number of benzene rings is 1. The molecule has 4 heteroatoms. The van der Waals surface area contributed by atoms with Crippen molar-refractivity contribution in [2.45, 2.75) is 19.3 Å². The summed E-state index contributed by atoms with van der Waals surface area (Å²) in [6.07, 6.45) is 1.06. The quantitative estimate of drug-likeness (QED) is 0.788. The third-order valence-corrected chi connectivity index (χ3v) is 2.87. The highest BCUT2D eigenvalue weighted by molar-refractivity contribution is 9.10. The van der Waals surface area contributed by atoms with Gasteiger partial charge in [-0.25, -0.2) is 4.39 Å². The summed E-state index contributed by atoms with van der Waals surface area (Å²) < 4.78 is 19.4. The molecule has 1 unspecified atom stereocenters. The Morgan fingerprint density at radius 3 is 2.80 bits per heavy atom. The SMILES string of the molecule is COc1c(Br)ccc(F)c1C(C)CC=O. The molecule has 1 aromatic carbocycles. The van der Waals surface area contributed by atoms with Crippen molar-refractivity contribution in [1.29, 1.82) is 0 Å². The minimum Gasteiger partial charge on any atom is -0.495 e. The van der Waals surface area contributed by atoms with Crippen molar-refractivity contribution in [2.75, 3.05) is 7.11 Å². The van der Waals surface area contributed by atoms with Crippen molar-refractivity contribution in [3.05, 3.63) is 28.0 Å². The van der Waals surface area contributed by atoms with E-state index in [2.05, 4.69) is 15.9 Å². The monoisotopic (exact) mass is 274 g/mol. The van der Waals surface area contributed by atoms with Crippen LogP contribution in [0.15, 0.2) is 16.6 Å². The van der Waals surface area contributed by atoms with E-state index in [-0.39, 0.29) is 18.2 Å². The van der Waals surface area contributed by atoms with Crippen LogP contribution in [0.3, 0.4) is 0 Å². The van der Waals surface area contributed by atoms with E-state index in [1.807, 2.05) is 0 Å². The Kier molecular flexibility index (Phi) is 4.27. The van der Waals surface area contributed by atoms with E-state index in [0.29, 0.717) is 15.8 Å². The molecular weight excluding hydrogens is 263 g/mol. The Labute approximate surface area is 96.6 Å². The zero-order chi connectivity index (χ0) is 11.4. The smallest absolute Gasteiger partial charge is 0.139 e. The number of ether oxygens (including phenoxy) is 1. The van der Waals surface area contributed by atoms with Crippen molar-refractivity contribution in [1.82, 2.24) is 0 Å². The van der Waals surface area contributed by atoms with Gasteiger partial charge in [0.1, 0.15) is 17.9 Å². The Morgan fingerprint density at radius 1 is 1.60 bits per heavy atom. The molecule has 1 aromatic rings. The summed E-state index contributed by atoms with van der Waals surface area (Å²) in [5.74, 6) is -0.0660. The van der Waals surface area contributed by atoms with Gasteiger partial charge >= 0.3 is 0 Å². The van der Waals surface area contributed by atoms with Crippen molar-refractivity contribution in [2.24, 2.45) is 0 Å². The molecule has 0 aliphatic carbocycles. The van der Waals surface area contributed by atoms with Crippen LogP contribution in [0.25, 0.3) is 0 Å². The van der Waals surface area contributed by atoms with E-state index in [1.54, 1.807) is 13.0 Å². The molecule has 15 heavy (non-hydrogen) atoms. The third-order valence-electron chi connectivity index (χ3n) is 2.24. The lowest BCUT2D eigenvalue weighted by Gasteiger charge is -2.15. The fraction of sp³-hybridized carbons (Fsp3) is 0.364. The lowest BCUT2D eigenvalue weighted by atomic mass is 9.97.